The highest BCUT2D eigenvalue weighted by molar-refractivity contribution is 7.80. The van der Waals surface area contributed by atoms with Crippen LogP contribution >= 0.6 is 23.8 Å². The molecule has 0 atom stereocenters. The molecule has 0 aliphatic heterocycles. The first-order chi connectivity index (χ1) is 13.9. The van der Waals surface area contributed by atoms with Gasteiger partial charge in [0.15, 0.2) is 5.11 Å². The highest BCUT2D eigenvalue weighted by Crippen LogP contribution is 2.27. The van der Waals surface area contributed by atoms with Gasteiger partial charge in [0.25, 0.3) is 5.95 Å². The maximum absolute atomic E-state index is 12.0. The molecule has 0 radical (unpaired) electrons. The molecule has 2 aromatic heterocycles. The highest BCUT2D eigenvalue weighted by atomic mass is 35.5. The first kappa shape index (κ1) is 20.7. The van der Waals surface area contributed by atoms with Crippen LogP contribution in [0.25, 0.3) is 17.4 Å². The Hall–Kier alpha value is -3.04. The molecular formula is C19H19ClN6O2S. The van der Waals surface area contributed by atoms with Crippen molar-refractivity contribution in [3.05, 3.63) is 52.8 Å². The Kier molecular flexibility index (Phi) is 6.73. The van der Waals surface area contributed by atoms with E-state index >= 15 is 0 Å². The lowest BCUT2D eigenvalue weighted by atomic mass is 10.1. The van der Waals surface area contributed by atoms with E-state index in [2.05, 4.69) is 26.0 Å². The molecule has 8 nitrogen and oxygen atoms in total. The van der Waals surface area contributed by atoms with Crippen molar-refractivity contribution in [3.8, 4) is 11.3 Å². The maximum Gasteiger partial charge on any atom is 0.269 e. The third kappa shape index (κ3) is 5.72. The fourth-order valence-corrected chi connectivity index (χ4v) is 2.75. The summed E-state index contributed by atoms with van der Waals surface area (Å²) in [6.07, 6.45) is 3.75. The zero-order valence-electron chi connectivity index (χ0n) is 15.8. The first-order valence-corrected chi connectivity index (χ1v) is 9.67. The van der Waals surface area contributed by atoms with E-state index in [9.17, 15) is 4.79 Å². The second kappa shape index (κ2) is 9.44. The molecule has 2 N–H and O–H groups in total. The predicted octanol–water partition coefficient (Wildman–Crippen LogP) is 3.83. The van der Waals surface area contributed by atoms with Gasteiger partial charge in [0.2, 0.25) is 5.91 Å². The standard InChI is InChI=1S/C19H19ClN6O2S/c1-3-10-26-24-18(23-25-26)22-19(29)21-17(27)9-7-14-6-8-16(28-14)13-5-4-12(2)15(20)11-13/h4-9,11H,3,10H2,1-2H3,(H2,21,22,24,27,29)/b9-7+. The summed E-state index contributed by atoms with van der Waals surface area (Å²) in [6.45, 7) is 4.59. The molecule has 0 bridgehead atoms. The minimum Gasteiger partial charge on any atom is -0.457 e. The lowest BCUT2D eigenvalue weighted by Gasteiger charge is -2.03. The number of aryl methyl sites for hydroxylation is 2. The molecule has 2 heterocycles. The van der Waals surface area contributed by atoms with Gasteiger partial charge < -0.3 is 4.42 Å². The Morgan fingerprint density at radius 1 is 1.34 bits per heavy atom. The Balaban J connectivity index is 1.55. The molecule has 10 heteroatoms. The molecule has 1 aromatic carbocycles. The molecule has 0 saturated heterocycles. The van der Waals surface area contributed by atoms with Crippen LogP contribution in [0, 0.1) is 6.92 Å². The lowest BCUT2D eigenvalue weighted by molar-refractivity contribution is -0.115. The summed E-state index contributed by atoms with van der Waals surface area (Å²) in [4.78, 5) is 13.5. The number of anilines is 1. The third-order valence-corrected chi connectivity index (χ3v) is 4.43. The molecule has 1 amide bonds. The number of halogens is 1. The SMILES string of the molecule is CCCn1nnc(NC(=S)NC(=O)/C=C/c2ccc(-c3ccc(C)c(Cl)c3)o2)n1. The second-order valence-corrected chi connectivity index (χ2v) is 6.97. The highest BCUT2D eigenvalue weighted by Gasteiger charge is 2.08. The smallest absolute Gasteiger partial charge is 0.269 e. The fourth-order valence-electron chi connectivity index (χ4n) is 2.38. The summed E-state index contributed by atoms with van der Waals surface area (Å²) in [6, 6.07) is 9.27. The van der Waals surface area contributed by atoms with Crippen LogP contribution in [0.15, 0.2) is 40.8 Å². The number of benzene rings is 1. The van der Waals surface area contributed by atoms with Gasteiger partial charge in [0, 0.05) is 16.7 Å². The number of hydrogen-bond acceptors (Lipinski definition) is 6. The minimum atomic E-state index is -0.417. The minimum absolute atomic E-state index is 0.0742. The number of thiocarbonyl (C=S) groups is 1. The number of aromatic nitrogens is 4. The molecule has 0 spiro atoms. The van der Waals surface area contributed by atoms with Crippen molar-refractivity contribution in [1.82, 2.24) is 25.5 Å². The van der Waals surface area contributed by atoms with Crippen LogP contribution in [0.3, 0.4) is 0 Å². The molecule has 3 rings (SSSR count). The van der Waals surface area contributed by atoms with E-state index in [1.165, 1.54) is 10.9 Å². The maximum atomic E-state index is 12.0. The van der Waals surface area contributed by atoms with Crippen LogP contribution in [0.4, 0.5) is 5.95 Å². The first-order valence-electron chi connectivity index (χ1n) is 8.89. The van der Waals surface area contributed by atoms with E-state index in [-0.39, 0.29) is 11.1 Å². The number of nitrogens with one attached hydrogen (secondary N) is 2. The lowest BCUT2D eigenvalue weighted by Crippen LogP contribution is -2.33. The number of furan rings is 1. The van der Waals surface area contributed by atoms with E-state index in [1.54, 1.807) is 12.1 Å². The van der Waals surface area contributed by atoms with Gasteiger partial charge in [-0.05, 0) is 60.6 Å². The predicted molar refractivity (Wildman–Crippen MR) is 115 cm³/mol. The summed E-state index contributed by atoms with van der Waals surface area (Å²) < 4.78 is 5.74. The van der Waals surface area contributed by atoms with Crippen molar-refractivity contribution in [2.24, 2.45) is 0 Å². The number of nitrogens with zero attached hydrogens (tertiary/aromatic N) is 4. The molecule has 0 unspecified atom stereocenters. The monoisotopic (exact) mass is 430 g/mol. The van der Waals surface area contributed by atoms with Gasteiger partial charge in [-0.15, -0.1) is 5.10 Å². The van der Waals surface area contributed by atoms with Crippen molar-refractivity contribution in [1.29, 1.82) is 0 Å². The van der Waals surface area contributed by atoms with Crippen LogP contribution < -0.4 is 10.6 Å². The van der Waals surface area contributed by atoms with Crippen LogP contribution in [0.1, 0.15) is 24.7 Å². The van der Waals surface area contributed by atoms with Gasteiger partial charge in [-0.25, -0.2) is 0 Å². The summed E-state index contributed by atoms with van der Waals surface area (Å²) in [5, 5.41) is 17.7. The Labute approximate surface area is 177 Å². The molecular weight excluding hydrogens is 412 g/mol. The average molecular weight is 431 g/mol. The summed E-state index contributed by atoms with van der Waals surface area (Å²) in [7, 11) is 0. The topological polar surface area (TPSA) is 97.9 Å². The molecule has 3 aromatic rings. The molecule has 0 fully saturated rings. The Bertz CT molecular complexity index is 1060. The van der Waals surface area contributed by atoms with Crippen LogP contribution in [-0.4, -0.2) is 31.2 Å². The van der Waals surface area contributed by atoms with Gasteiger partial charge in [0.1, 0.15) is 11.5 Å². The van der Waals surface area contributed by atoms with E-state index in [4.69, 9.17) is 28.2 Å². The second-order valence-electron chi connectivity index (χ2n) is 6.15. The van der Waals surface area contributed by atoms with Crippen molar-refractivity contribution in [2.75, 3.05) is 5.32 Å². The quantitative estimate of drug-likeness (QED) is 0.453. The number of rotatable bonds is 6. The van der Waals surface area contributed by atoms with Crippen molar-refractivity contribution in [2.45, 2.75) is 26.8 Å². The van der Waals surface area contributed by atoms with Gasteiger partial charge in [-0.1, -0.05) is 35.8 Å². The average Bonchev–Trinajstić information content (AvgIpc) is 3.32. The van der Waals surface area contributed by atoms with Gasteiger partial charge >= 0.3 is 0 Å². The van der Waals surface area contributed by atoms with Gasteiger partial charge in [-0.3, -0.25) is 15.4 Å². The van der Waals surface area contributed by atoms with E-state index in [0.717, 1.165) is 17.5 Å². The van der Waals surface area contributed by atoms with Crippen LogP contribution in [0.2, 0.25) is 5.02 Å². The van der Waals surface area contributed by atoms with E-state index in [1.807, 2.05) is 38.1 Å². The van der Waals surface area contributed by atoms with Crippen molar-refractivity contribution >= 4 is 46.9 Å². The molecule has 0 saturated carbocycles. The fraction of sp³-hybridized carbons (Fsp3) is 0.211. The van der Waals surface area contributed by atoms with E-state index < -0.39 is 5.91 Å². The molecule has 0 aliphatic rings. The van der Waals surface area contributed by atoms with Gasteiger partial charge in [-0.2, -0.15) is 4.80 Å². The normalized spacial score (nSPS) is 11.0. The summed E-state index contributed by atoms with van der Waals surface area (Å²) in [5.41, 5.74) is 1.85. The van der Waals surface area contributed by atoms with Crippen molar-refractivity contribution in [3.63, 3.8) is 0 Å². The number of tetrazole rings is 1. The third-order valence-electron chi connectivity index (χ3n) is 3.82. The molecule has 0 aliphatic carbocycles. The Morgan fingerprint density at radius 2 is 2.17 bits per heavy atom. The summed E-state index contributed by atoms with van der Waals surface area (Å²) >= 11 is 11.2. The molecule has 150 valence electrons. The number of amides is 1. The summed E-state index contributed by atoms with van der Waals surface area (Å²) in [5.74, 6) is 0.986. The number of hydrogen-bond donors (Lipinski definition) is 2. The zero-order valence-corrected chi connectivity index (χ0v) is 17.4. The van der Waals surface area contributed by atoms with Crippen LogP contribution in [-0.2, 0) is 11.3 Å². The number of carbonyl (C=O) groups is 1. The zero-order chi connectivity index (χ0) is 20.8. The molecule has 29 heavy (non-hydrogen) atoms. The van der Waals surface area contributed by atoms with Crippen LogP contribution in [0.5, 0.6) is 0 Å². The van der Waals surface area contributed by atoms with E-state index in [0.29, 0.717) is 23.1 Å². The van der Waals surface area contributed by atoms with Crippen molar-refractivity contribution < 1.29 is 9.21 Å². The number of carbonyl (C=O) groups excluding carboxylic acids is 1. The largest absolute Gasteiger partial charge is 0.457 e. The Morgan fingerprint density at radius 3 is 2.93 bits per heavy atom. The van der Waals surface area contributed by atoms with Gasteiger partial charge in [0.05, 0.1) is 6.54 Å².